The van der Waals surface area contributed by atoms with Crippen LogP contribution < -0.4 is 11.1 Å². The lowest BCUT2D eigenvalue weighted by atomic mass is 10.2. The Hall–Kier alpha value is -2.01. The van der Waals surface area contributed by atoms with E-state index in [1.807, 2.05) is 45.3 Å². The van der Waals surface area contributed by atoms with E-state index in [0.717, 1.165) is 23.9 Å². The monoisotopic (exact) mass is 274 g/mol. The second-order valence-corrected chi connectivity index (χ2v) is 5.46. The number of carbonyl (C=O) groups excluding carboxylic acids is 1. The van der Waals surface area contributed by atoms with Crippen LogP contribution in [0.15, 0.2) is 24.3 Å². The van der Waals surface area contributed by atoms with Crippen LogP contribution in [-0.4, -0.2) is 42.5 Å². The zero-order valence-corrected chi connectivity index (χ0v) is 12.2. The molecule has 4 N–H and O–H groups in total. The highest BCUT2D eigenvalue weighted by atomic mass is 16.1. The summed E-state index contributed by atoms with van der Waals surface area (Å²) >= 11 is 0. The Labute approximate surface area is 119 Å². The number of H-pyrrole nitrogens is 1. The summed E-state index contributed by atoms with van der Waals surface area (Å²) < 4.78 is 0. The van der Waals surface area contributed by atoms with Gasteiger partial charge in [-0.3, -0.25) is 4.79 Å². The van der Waals surface area contributed by atoms with Crippen LogP contribution in [-0.2, 0) is 0 Å². The second-order valence-electron chi connectivity index (χ2n) is 5.46. The van der Waals surface area contributed by atoms with Gasteiger partial charge in [0.15, 0.2) is 0 Å². The lowest BCUT2D eigenvalue weighted by Gasteiger charge is -2.16. The van der Waals surface area contributed by atoms with Crippen LogP contribution in [0.4, 0.5) is 5.69 Å². The maximum Gasteiger partial charge on any atom is 0.267 e. The third-order valence-electron chi connectivity index (χ3n) is 3.32. The third-order valence-corrected chi connectivity index (χ3v) is 3.32. The number of fused-ring (bicyclic) bond motifs is 1. The number of carbonyl (C=O) groups is 1. The van der Waals surface area contributed by atoms with E-state index >= 15 is 0 Å². The normalized spacial score (nSPS) is 12.8. The highest BCUT2D eigenvalue weighted by Gasteiger charge is 2.13. The number of nitrogens with two attached hydrogens (primary N) is 1. The van der Waals surface area contributed by atoms with E-state index in [2.05, 4.69) is 15.2 Å². The lowest BCUT2D eigenvalue weighted by molar-refractivity contribution is 0.0932. The first-order valence-corrected chi connectivity index (χ1v) is 6.80. The van der Waals surface area contributed by atoms with E-state index in [1.165, 1.54) is 0 Å². The highest BCUT2D eigenvalue weighted by Crippen LogP contribution is 2.21. The number of nitrogen functional groups attached to an aromatic ring is 1. The number of aromatic nitrogens is 1. The molecule has 1 aromatic heterocycles. The van der Waals surface area contributed by atoms with Crippen molar-refractivity contribution < 1.29 is 4.79 Å². The third kappa shape index (κ3) is 3.30. The number of nitrogens with zero attached hydrogens (tertiary/aromatic N) is 1. The van der Waals surface area contributed by atoms with Crippen molar-refractivity contribution >= 4 is 22.5 Å². The molecule has 5 heteroatoms. The molecule has 0 saturated carbocycles. The average Bonchev–Trinajstić information content (AvgIpc) is 2.82. The molecule has 1 aromatic carbocycles. The van der Waals surface area contributed by atoms with Gasteiger partial charge in [-0.1, -0.05) is 12.1 Å². The number of hydrogen-bond acceptors (Lipinski definition) is 3. The summed E-state index contributed by atoms with van der Waals surface area (Å²) in [5.74, 6) is -0.0909. The van der Waals surface area contributed by atoms with Gasteiger partial charge in [0.1, 0.15) is 5.69 Å². The molecule has 0 aliphatic rings. The van der Waals surface area contributed by atoms with Gasteiger partial charge in [-0.05, 0) is 46.1 Å². The lowest BCUT2D eigenvalue weighted by Crippen LogP contribution is -2.34. The van der Waals surface area contributed by atoms with Crippen LogP contribution in [0.3, 0.4) is 0 Å². The van der Waals surface area contributed by atoms with Gasteiger partial charge in [-0.15, -0.1) is 0 Å². The van der Waals surface area contributed by atoms with Crippen LogP contribution in [0.1, 0.15) is 23.8 Å². The summed E-state index contributed by atoms with van der Waals surface area (Å²) in [6.07, 6.45) is 0.918. The van der Waals surface area contributed by atoms with Crippen LogP contribution in [0, 0.1) is 0 Å². The number of hydrogen-bond donors (Lipinski definition) is 3. The Bertz CT molecular complexity index is 603. The number of amides is 1. The summed E-state index contributed by atoms with van der Waals surface area (Å²) in [6, 6.07) is 7.61. The molecule has 5 nitrogen and oxygen atoms in total. The number of aromatic amines is 1. The van der Waals surface area contributed by atoms with Gasteiger partial charge >= 0.3 is 0 Å². The molecule has 2 aromatic rings. The van der Waals surface area contributed by atoms with Crippen molar-refractivity contribution in [3.63, 3.8) is 0 Å². The minimum atomic E-state index is -0.0909. The van der Waals surface area contributed by atoms with Crippen molar-refractivity contribution in [3.8, 4) is 0 Å². The topological polar surface area (TPSA) is 74.2 Å². The van der Waals surface area contributed by atoms with Gasteiger partial charge in [-0.2, -0.15) is 0 Å². The van der Waals surface area contributed by atoms with Gasteiger partial charge in [0, 0.05) is 11.4 Å². The van der Waals surface area contributed by atoms with E-state index in [-0.39, 0.29) is 11.9 Å². The Morgan fingerprint density at radius 2 is 2.20 bits per heavy atom. The van der Waals surface area contributed by atoms with Crippen molar-refractivity contribution in [3.05, 3.63) is 30.0 Å². The van der Waals surface area contributed by atoms with Crippen molar-refractivity contribution in [1.29, 1.82) is 0 Å². The number of rotatable bonds is 5. The average molecular weight is 274 g/mol. The smallest absolute Gasteiger partial charge is 0.267 e. The Morgan fingerprint density at radius 1 is 1.45 bits per heavy atom. The Kier molecular flexibility index (Phi) is 4.29. The molecule has 1 amide bonds. The molecule has 108 valence electrons. The van der Waals surface area contributed by atoms with Gasteiger partial charge in [0.05, 0.1) is 11.2 Å². The molecule has 20 heavy (non-hydrogen) atoms. The summed E-state index contributed by atoms with van der Waals surface area (Å²) in [5, 5.41) is 3.95. The molecule has 0 aliphatic heterocycles. The van der Waals surface area contributed by atoms with E-state index in [4.69, 9.17) is 5.73 Å². The molecule has 1 unspecified atom stereocenters. The highest BCUT2D eigenvalue weighted by molar-refractivity contribution is 6.00. The van der Waals surface area contributed by atoms with Gasteiger partial charge in [-0.25, -0.2) is 0 Å². The number of nitrogens with one attached hydrogen (secondary N) is 2. The summed E-state index contributed by atoms with van der Waals surface area (Å²) in [6.45, 7) is 2.96. The molecule has 0 bridgehead atoms. The van der Waals surface area contributed by atoms with E-state index in [9.17, 15) is 4.79 Å². The maximum atomic E-state index is 12.2. The zero-order chi connectivity index (χ0) is 14.7. The second kappa shape index (κ2) is 5.96. The zero-order valence-electron chi connectivity index (χ0n) is 12.2. The van der Waals surface area contributed by atoms with Crippen molar-refractivity contribution in [2.75, 3.05) is 26.4 Å². The molecule has 0 aliphatic carbocycles. The number of anilines is 1. The van der Waals surface area contributed by atoms with Crippen molar-refractivity contribution in [2.24, 2.45) is 0 Å². The molecule has 0 saturated heterocycles. The first-order chi connectivity index (χ1) is 9.47. The maximum absolute atomic E-state index is 12.2. The minimum absolute atomic E-state index is 0.0909. The van der Waals surface area contributed by atoms with Crippen LogP contribution in [0.25, 0.3) is 10.9 Å². The molecule has 1 atom stereocenters. The SMILES string of the molecule is CC(CCN(C)C)NC(=O)c1cc2cccc(N)c2[nH]1. The fourth-order valence-corrected chi connectivity index (χ4v) is 2.13. The van der Waals surface area contributed by atoms with Crippen molar-refractivity contribution in [1.82, 2.24) is 15.2 Å². The van der Waals surface area contributed by atoms with E-state index in [1.54, 1.807) is 0 Å². The molecule has 0 fully saturated rings. The first kappa shape index (κ1) is 14.4. The molecule has 0 radical (unpaired) electrons. The number of benzene rings is 1. The predicted octanol–water partition coefficient (Wildman–Crippen LogP) is 1.82. The molecule has 0 spiro atoms. The largest absolute Gasteiger partial charge is 0.397 e. The van der Waals surface area contributed by atoms with Crippen LogP contribution in [0.5, 0.6) is 0 Å². The molecule has 1 heterocycles. The van der Waals surface area contributed by atoms with Gasteiger partial charge < -0.3 is 20.9 Å². The first-order valence-electron chi connectivity index (χ1n) is 6.80. The van der Waals surface area contributed by atoms with E-state index < -0.39 is 0 Å². The van der Waals surface area contributed by atoms with Gasteiger partial charge in [0.25, 0.3) is 5.91 Å². The molecular weight excluding hydrogens is 252 g/mol. The van der Waals surface area contributed by atoms with Crippen LogP contribution in [0.2, 0.25) is 0 Å². The summed E-state index contributed by atoms with van der Waals surface area (Å²) in [4.78, 5) is 17.4. The minimum Gasteiger partial charge on any atom is -0.397 e. The quantitative estimate of drug-likeness (QED) is 0.728. The summed E-state index contributed by atoms with van der Waals surface area (Å²) in [7, 11) is 4.05. The molecule has 2 rings (SSSR count). The fraction of sp³-hybridized carbons (Fsp3) is 0.400. The van der Waals surface area contributed by atoms with Crippen molar-refractivity contribution in [2.45, 2.75) is 19.4 Å². The Morgan fingerprint density at radius 3 is 2.85 bits per heavy atom. The summed E-state index contributed by atoms with van der Waals surface area (Å²) in [5.41, 5.74) is 7.91. The van der Waals surface area contributed by atoms with E-state index in [0.29, 0.717) is 11.4 Å². The molecular formula is C15H22N4O. The number of para-hydroxylation sites is 1. The standard InChI is InChI=1S/C15H22N4O/c1-10(7-8-19(2)3)17-15(20)13-9-11-5-4-6-12(16)14(11)18-13/h4-6,9-10,18H,7-8,16H2,1-3H3,(H,17,20). The van der Waals surface area contributed by atoms with Gasteiger partial charge in [0.2, 0.25) is 0 Å². The predicted molar refractivity (Wildman–Crippen MR) is 82.8 cm³/mol. The van der Waals surface area contributed by atoms with Crippen LogP contribution >= 0.6 is 0 Å². The Balaban J connectivity index is 2.06. The fourth-order valence-electron chi connectivity index (χ4n) is 2.13.